The van der Waals surface area contributed by atoms with Crippen molar-refractivity contribution in [2.75, 3.05) is 6.61 Å². The molecule has 2 aliphatic rings. The number of hydrogen-bond donors (Lipinski definition) is 0. The summed E-state index contributed by atoms with van der Waals surface area (Å²) in [5, 5.41) is 8.01. The monoisotopic (exact) mass is 213 g/mol. The van der Waals surface area contributed by atoms with Crippen LogP contribution in [0.15, 0.2) is 6.33 Å². The second-order valence-corrected chi connectivity index (χ2v) is 4.44. The Morgan fingerprint density at radius 3 is 3.00 bits per heavy atom. The number of aromatic nitrogens is 3. The van der Waals surface area contributed by atoms with Crippen molar-refractivity contribution in [3.8, 4) is 0 Å². The molecule has 2 atom stereocenters. The highest BCUT2D eigenvalue weighted by atomic mass is 35.5. The second kappa shape index (κ2) is 3.21. The molecule has 0 radical (unpaired) electrons. The standard InChI is InChI=1S/C9H12ClN3O/c10-9-12-11-5-13(9)7-3-8(14-4-7)6-1-2-6/h5-8H,1-4H2. The van der Waals surface area contributed by atoms with Gasteiger partial charge in [-0.3, -0.25) is 4.57 Å². The van der Waals surface area contributed by atoms with Crippen LogP contribution in [0.3, 0.4) is 0 Å². The summed E-state index contributed by atoms with van der Waals surface area (Å²) in [6.45, 7) is 0.749. The molecule has 0 spiro atoms. The van der Waals surface area contributed by atoms with Crippen LogP contribution in [0, 0.1) is 5.92 Å². The van der Waals surface area contributed by atoms with Gasteiger partial charge in [-0.15, -0.1) is 10.2 Å². The molecular formula is C9H12ClN3O. The Labute approximate surface area is 87.2 Å². The lowest BCUT2D eigenvalue weighted by Gasteiger charge is -2.09. The van der Waals surface area contributed by atoms with E-state index >= 15 is 0 Å². The van der Waals surface area contributed by atoms with Gasteiger partial charge in [-0.25, -0.2) is 0 Å². The summed E-state index contributed by atoms with van der Waals surface area (Å²) in [7, 11) is 0. The fourth-order valence-corrected chi connectivity index (χ4v) is 2.33. The predicted molar refractivity (Wildman–Crippen MR) is 51.2 cm³/mol. The Kier molecular flexibility index (Phi) is 1.99. The number of ether oxygens (including phenoxy) is 1. The van der Waals surface area contributed by atoms with Crippen molar-refractivity contribution in [2.24, 2.45) is 5.92 Å². The van der Waals surface area contributed by atoms with E-state index in [-0.39, 0.29) is 0 Å². The summed E-state index contributed by atoms with van der Waals surface area (Å²) < 4.78 is 7.64. The van der Waals surface area contributed by atoms with Crippen molar-refractivity contribution >= 4 is 11.6 Å². The van der Waals surface area contributed by atoms with Gasteiger partial charge in [0.25, 0.3) is 0 Å². The first-order valence-corrected chi connectivity index (χ1v) is 5.39. The van der Waals surface area contributed by atoms with Crippen LogP contribution in [0.25, 0.3) is 0 Å². The molecule has 1 aliphatic heterocycles. The molecule has 5 heteroatoms. The molecule has 14 heavy (non-hydrogen) atoms. The Morgan fingerprint density at radius 1 is 1.50 bits per heavy atom. The first-order valence-electron chi connectivity index (χ1n) is 5.01. The second-order valence-electron chi connectivity index (χ2n) is 4.11. The smallest absolute Gasteiger partial charge is 0.225 e. The maximum Gasteiger partial charge on any atom is 0.225 e. The highest BCUT2D eigenvalue weighted by molar-refractivity contribution is 6.28. The zero-order chi connectivity index (χ0) is 9.54. The molecule has 0 amide bonds. The van der Waals surface area contributed by atoms with Gasteiger partial charge in [0.15, 0.2) is 0 Å². The van der Waals surface area contributed by atoms with Crippen LogP contribution < -0.4 is 0 Å². The number of halogens is 1. The van der Waals surface area contributed by atoms with Gasteiger partial charge in [0.05, 0.1) is 18.8 Å². The lowest BCUT2D eigenvalue weighted by molar-refractivity contribution is 0.0910. The Hall–Kier alpha value is -0.610. The van der Waals surface area contributed by atoms with E-state index < -0.39 is 0 Å². The molecule has 2 heterocycles. The maximum atomic E-state index is 5.90. The lowest BCUT2D eigenvalue weighted by atomic mass is 10.1. The van der Waals surface area contributed by atoms with Crippen molar-refractivity contribution in [1.29, 1.82) is 0 Å². The van der Waals surface area contributed by atoms with Crippen LogP contribution in [0.5, 0.6) is 0 Å². The largest absolute Gasteiger partial charge is 0.376 e. The van der Waals surface area contributed by atoms with Gasteiger partial charge in [0.2, 0.25) is 5.28 Å². The van der Waals surface area contributed by atoms with E-state index in [1.807, 2.05) is 4.57 Å². The van der Waals surface area contributed by atoms with Crippen molar-refractivity contribution < 1.29 is 4.74 Å². The molecule has 0 N–H and O–H groups in total. The minimum absolute atomic E-state index is 0.336. The van der Waals surface area contributed by atoms with Gasteiger partial charge in [-0.05, 0) is 36.8 Å². The molecule has 0 bridgehead atoms. The molecule has 1 aromatic rings. The van der Waals surface area contributed by atoms with Crippen molar-refractivity contribution in [3.63, 3.8) is 0 Å². The number of hydrogen-bond acceptors (Lipinski definition) is 3. The molecule has 0 aromatic carbocycles. The molecule has 2 fully saturated rings. The Balaban J connectivity index is 1.72. The SMILES string of the molecule is Clc1nncn1C1COC(C2CC2)C1. The van der Waals surface area contributed by atoms with Crippen molar-refractivity contribution in [2.45, 2.75) is 31.4 Å². The molecular weight excluding hydrogens is 202 g/mol. The fraction of sp³-hybridized carbons (Fsp3) is 0.778. The summed E-state index contributed by atoms with van der Waals surface area (Å²) >= 11 is 5.90. The maximum absolute atomic E-state index is 5.90. The Bertz CT molecular complexity index is 337. The first-order chi connectivity index (χ1) is 6.84. The van der Waals surface area contributed by atoms with E-state index in [0.717, 1.165) is 18.9 Å². The summed E-state index contributed by atoms with van der Waals surface area (Å²) in [5.41, 5.74) is 0. The van der Waals surface area contributed by atoms with E-state index in [9.17, 15) is 0 Å². The number of rotatable bonds is 2. The van der Waals surface area contributed by atoms with Gasteiger partial charge in [0.1, 0.15) is 6.33 Å². The zero-order valence-electron chi connectivity index (χ0n) is 7.77. The zero-order valence-corrected chi connectivity index (χ0v) is 8.52. The van der Waals surface area contributed by atoms with E-state index in [1.165, 1.54) is 12.8 Å². The molecule has 1 saturated carbocycles. The minimum Gasteiger partial charge on any atom is -0.376 e. The van der Waals surface area contributed by atoms with Gasteiger partial charge in [-0.1, -0.05) is 0 Å². The predicted octanol–water partition coefficient (Wildman–Crippen LogP) is 1.67. The normalized spacial score (nSPS) is 32.4. The summed E-state index contributed by atoms with van der Waals surface area (Å²) in [4.78, 5) is 0. The van der Waals surface area contributed by atoms with E-state index in [1.54, 1.807) is 6.33 Å². The van der Waals surface area contributed by atoms with Crippen molar-refractivity contribution in [3.05, 3.63) is 11.6 Å². The van der Waals surface area contributed by atoms with Gasteiger partial charge in [0, 0.05) is 0 Å². The van der Waals surface area contributed by atoms with Crippen LogP contribution in [0.1, 0.15) is 25.3 Å². The van der Waals surface area contributed by atoms with Crippen LogP contribution in [-0.2, 0) is 4.74 Å². The van der Waals surface area contributed by atoms with Crippen LogP contribution in [0.4, 0.5) is 0 Å². The first kappa shape index (κ1) is 8.68. The minimum atomic E-state index is 0.336. The third kappa shape index (κ3) is 1.42. The van der Waals surface area contributed by atoms with Crippen molar-refractivity contribution in [1.82, 2.24) is 14.8 Å². The molecule has 1 saturated heterocycles. The lowest BCUT2D eigenvalue weighted by Crippen LogP contribution is -2.09. The van der Waals surface area contributed by atoms with Crippen LogP contribution >= 0.6 is 11.6 Å². The molecule has 2 unspecified atom stereocenters. The average Bonchev–Trinajstić information content (AvgIpc) is 2.75. The third-order valence-electron chi connectivity index (χ3n) is 3.08. The molecule has 1 aromatic heterocycles. The molecule has 1 aliphatic carbocycles. The molecule has 3 rings (SSSR count). The average molecular weight is 214 g/mol. The summed E-state index contributed by atoms with van der Waals surface area (Å²) in [5.74, 6) is 0.801. The quantitative estimate of drug-likeness (QED) is 0.751. The highest BCUT2D eigenvalue weighted by Crippen LogP contribution is 2.41. The fourth-order valence-electron chi connectivity index (χ4n) is 2.10. The Morgan fingerprint density at radius 2 is 2.36 bits per heavy atom. The summed E-state index contributed by atoms with van der Waals surface area (Å²) in [6, 6.07) is 0.336. The van der Waals surface area contributed by atoms with E-state index in [0.29, 0.717) is 17.4 Å². The topological polar surface area (TPSA) is 39.9 Å². The van der Waals surface area contributed by atoms with Gasteiger partial charge >= 0.3 is 0 Å². The highest BCUT2D eigenvalue weighted by Gasteiger charge is 2.38. The van der Waals surface area contributed by atoms with E-state index in [4.69, 9.17) is 16.3 Å². The van der Waals surface area contributed by atoms with Gasteiger partial charge in [-0.2, -0.15) is 0 Å². The molecule has 76 valence electrons. The number of nitrogens with zero attached hydrogens (tertiary/aromatic N) is 3. The van der Waals surface area contributed by atoms with Crippen LogP contribution in [0.2, 0.25) is 5.28 Å². The molecule has 4 nitrogen and oxygen atoms in total. The van der Waals surface area contributed by atoms with Gasteiger partial charge < -0.3 is 4.74 Å². The third-order valence-corrected chi connectivity index (χ3v) is 3.35. The van der Waals surface area contributed by atoms with E-state index in [2.05, 4.69) is 10.2 Å². The summed E-state index contributed by atoms with van der Waals surface area (Å²) in [6.07, 6.45) is 5.84. The van der Waals surface area contributed by atoms with Crippen LogP contribution in [-0.4, -0.2) is 27.5 Å².